The number of esters is 1. The van der Waals surface area contributed by atoms with Gasteiger partial charge in [-0.25, -0.2) is 4.79 Å². The van der Waals surface area contributed by atoms with Crippen molar-refractivity contribution in [2.75, 3.05) is 0 Å². The molecule has 0 atom stereocenters. The molecule has 26 heavy (non-hydrogen) atoms. The molecule has 6 heteroatoms. The van der Waals surface area contributed by atoms with E-state index in [-0.39, 0.29) is 12.5 Å². The number of carbonyl (C=O) groups excluding carboxylic acids is 1. The highest BCUT2D eigenvalue weighted by Crippen LogP contribution is 2.20. The Kier molecular flexibility index (Phi) is 4.15. The molecule has 128 valence electrons. The van der Waals surface area contributed by atoms with Gasteiger partial charge < -0.3 is 9.26 Å². The van der Waals surface area contributed by atoms with Crippen LogP contribution in [0.1, 0.15) is 21.9 Å². The summed E-state index contributed by atoms with van der Waals surface area (Å²) in [6.45, 7) is 1.75. The van der Waals surface area contributed by atoms with Crippen LogP contribution < -0.4 is 0 Å². The summed E-state index contributed by atoms with van der Waals surface area (Å²) in [5.74, 6) is 0.250. The van der Waals surface area contributed by atoms with Crippen LogP contribution >= 0.6 is 0 Å². The van der Waals surface area contributed by atoms with E-state index in [1.54, 1.807) is 6.07 Å². The molecule has 0 saturated carbocycles. The van der Waals surface area contributed by atoms with Crippen molar-refractivity contribution in [2.24, 2.45) is 0 Å². The fraction of sp³-hybridized carbons (Fsp3) is 0.100. The first-order chi connectivity index (χ1) is 12.7. The van der Waals surface area contributed by atoms with E-state index in [0.29, 0.717) is 11.4 Å². The zero-order valence-electron chi connectivity index (χ0n) is 14.0. The SMILES string of the molecule is Cc1cc(C(=O)OCc2nc(-c3ccccc3)no2)c2ccccc2n1. The fourth-order valence-corrected chi connectivity index (χ4v) is 2.70. The number of pyridine rings is 1. The summed E-state index contributed by atoms with van der Waals surface area (Å²) >= 11 is 0. The maximum atomic E-state index is 12.5. The Morgan fingerprint density at radius 3 is 2.65 bits per heavy atom. The molecule has 2 aromatic carbocycles. The molecule has 0 N–H and O–H groups in total. The summed E-state index contributed by atoms with van der Waals surface area (Å²) in [6.07, 6.45) is 0. The Bertz CT molecular complexity index is 1070. The number of carbonyl (C=O) groups is 1. The molecule has 2 aromatic heterocycles. The van der Waals surface area contributed by atoms with Crippen LogP contribution in [-0.2, 0) is 11.3 Å². The first kappa shape index (κ1) is 16.0. The normalized spacial score (nSPS) is 10.8. The van der Waals surface area contributed by atoms with Crippen LogP contribution in [0.3, 0.4) is 0 Å². The number of fused-ring (bicyclic) bond motifs is 1. The van der Waals surface area contributed by atoms with Gasteiger partial charge in [-0.1, -0.05) is 53.7 Å². The van der Waals surface area contributed by atoms with Gasteiger partial charge in [-0.15, -0.1) is 0 Å². The minimum Gasteiger partial charge on any atom is -0.452 e. The first-order valence-electron chi connectivity index (χ1n) is 8.12. The predicted octanol–water partition coefficient (Wildman–Crippen LogP) is 3.95. The maximum Gasteiger partial charge on any atom is 0.339 e. The van der Waals surface area contributed by atoms with Crippen molar-refractivity contribution in [3.05, 3.63) is 77.8 Å². The Morgan fingerprint density at radius 1 is 1.04 bits per heavy atom. The Balaban J connectivity index is 1.52. The van der Waals surface area contributed by atoms with E-state index < -0.39 is 5.97 Å². The van der Waals surface area contributed by atoms with Gasteiger partial charge in [0.05, 0.1) is 11.1 Å². The molecule has 6 nitrogen and oxygen atoms in total. The third-order valence-electron chi connectivity index (χ3n) is 3.89. The topological polar surface area (TPSA) is 78.1 Å². The molecular formula is C20H15N3O3. The van der Waals surface area contributed by atoms with Crippen molar-refractivity contribution in [1.29, 1.82) is 0 Å². The zero-order valence-corrected chi connectivity index (χ0v) is 14.0. The zero-order chi connectivity index (χ0) is 17.9. The quantitative estimate of drug-likeness (QED) is 0.521. The summed E-state index contributed by atoms with van der Waals surface area (Å²) in [4.78, 5) is 21.2. The first-order valence-corrected chi connectivity index (χ1v) is 8.12. The number of ether oxygens (including phenoxy) is 1. The molecule has 0 aliphatic heterocycles. The molecule has 0 aliphatic rings. The Morgan fingerprint density at radius 2 is 1.81 bits per heavy atom. The van der Waals surface area contributed by atoms with E-state index >= 15 is 0 Å². The Hall–Kier alpha value is -3.54. The summed E-state index contributed by atoms with van der Waals surface area (Å²) < 4.78 is 10.5. The van der Waals surface area contributed by atoms with Gasteiger partial charge in [0.1, 0.15) is 0 Å². The van der Waals surface area contributed by atoms with Crippen LogP contribution in [-0.4, -0.2) is 21.1 Å². The largest absolute Gasteiger partial charge is 0.452 e. The monoisotopic (exact) mass is 345 g/mol. The predicted molar refractivity (Wildman–Crippen MR) is 95.3 cm³/mol. The number of rotatable bonds is 4. The second-order valence-electron chi connectivity index (χ2n) is 5.78. The lowest BCUT2D eigenvalue weighted by molar-refractivity contribution is 0.0432. The smallest absolute Gasteiger partial charge is 0.339 e. The molecule has 2 heterocycles. The number of aromatic nitrogens is 3. The molecule has 0 radical (unpaired) electrons. The second kappa shape index (κ2) is 6.76. The van der Waals surface area contributed by atoms with Crippen LogP contribution in [0.15, 0.2) is 65.2 Å². The highest BCUT2D eigenvalue weighted by molar-refractivity contribution is 6.03. The van der Waals surface area contributed by atoms with Gasteiger partial charge in [0.15, 0.2) is 6.61 Å². The van der Waals surface area contributed by atoms with Crippen LogP contribution in [0.4, 0.5) is 0 Å². The van der Waals surface area contributed by atoms with Gasteiger partial charge in [0.25, 0.3) is 5.89 Å². The van der Waals surface area contributed by atoms with E-state index in [2.05, 4.69) is 15.1 Å². The average molecular weight is 345 g/mol. The van der Waals surface area contributed by atoms with E-state index in [1.165, 1.54) is 0 Å². The third-order valence-corrected chi connectivity index (χ3v) is 3.89. The third kappa shape index (κ3) is 3.17. The number of para-hydroxylation sites is 1. The number of benzene rings is 2. The van der Waals surface area contributed by atoms with Crippen molar-refractivity contribution < 1.29 is 14.1 Å². The molecular weight excluding hydrogens is 330 g/mol. The van der Waals surface area contributed by atoms with Gasteiger partial charge in [-0.3, -0.25) is 4.98 Å². The maximum absolute atomic E-state index is 12.5. The highest BCUT2D eigenvalue weighted by Gasteiger charge is 2.15. The van der Waals surface area contributed by atoms with Gasteiger partial charge in [-0.05, 0) is 19.1 Å². The minimum atomic E-state index is -0.453. The average Bonchev–Trinajstić information content (AvgIpc) is 3.15. The number of hydrogen-bond acceptors (Lipinski definition) is 6. The number of nitrogens with zero attached hydrogens (tertiary/aromatic N) is 3. The van der Waals surface area contributed by atoms with Crippen LogP contribution in [0.5, 0.6) is 0 Å². The van der Waals surface area contributed by atoms with E-state index in [1.807, 2.05) is 61.5 Å². The molecule has 0 amide bonds. The molecule has 0 unspecified atom stereocenters. The molecule has 0 spiro atoms. The molecule has 0 bridgehead atoms. The van der Waals surface area contributed by atoms with Gasteiger partial charge in [0, 0.05) is 16.6 Å². The lowest BCUT2D eigenvalue weighted by atomic mass is 10.1. The molecule has 0 saturated heterocycles. The molecule has 0 aliphatic carbocycles. The number of aryl methyl sites for hydroxylation is 1. The molecule has 4 rings (SSSR count). The van der Waals surface area contributed by atoms with E-state index in [0.717, 1.165) is 22.2 Å². The summed E-state index contributed by atoms with van der Waals surface area (Å²) in [7, 11) is 0. The Labute approximate surface area is 149 Å². The van der Waals surface area contributed by atoms with Gasteiger partial charge in [-0.2, -0.15) is 4.98 Å². The summed E-state index contributed by atoms with van der Waals surface area (Å²) in [5.41, 5.74) is 2.81. The minimum absolute atomic E-state index is 0.0889. The van der Waals surface area contributed by atoms with Crippen molar-refractivity contribution in [3.8, 4) is 11.4 Å². The van der Waals surface area contributed by atoms with Crippen LogP contribution in [0.25, 0.3) is 22.3 Å². The van der Waals surface area contributed by atoms with Crippen molar-refractivity contribution in [1.82, 2.24) is 15.1 Å². The molecule has 0 fully saturated rings. The van der Waals surface area contributed by atoms with Crippen LogP contribution in [0, 0.1) is 6.92 Å². The summed E-state index contributed by atoms with van der Waals surface area (Å²) in [6, 6.07) is 18.6. The van der Waals surface area contributed by atoms with Crippen LogP contribution in [0.2, 0.25) is 0 Å². The lowest BCUT2D eigenvalue weighted by Crippen LogP contribution is -2.07. The lowest BCUT2D eigenvalue weighted by Gasteiger charge is -2.07. The van der Waals surface area contributed by atoms with Crippen molar-refractivity contribution in [2.45, 2.75) is 13.5 Å². The highest BCUT2D eigenvalue weighted by atomic mass is 16.6. The standard InChI is InChI=1S/C20H15N3O3/c1-13-11-16(15-9-5-6-10-17(15)21-13)20(24)25-12-18-22-19(23-26-18)14-7-3-2-4-8-14/h2-11H,12H2,1H3. The molecule has 4 aromatic rings. The fourth-order valence-electron chi connectivity index (χ4n) is 2.70. The van der Waals surface area contributed by atoms with Gasteiger partial charge >= 0.3 is 5.97 Å². The van der Waals surface area contributed by atoms with E-state index in [9.17, 15) is 4.79 Å². The second-order valence-corrected chi connectivity index (χ2v) is 5.78. The van der Waals surface area contributed by atoms with Crippen molar-refractivity contribution >= 4 is 16.9 Å². The van der Waals surface area contributed by atoms with Gasteiger partial charge in [0.2, 0.25) is 5.82 Å². The van der Waals surface area contributed by atoms with Crippen molar-refractivity contribution in [3.63, 3.8) is 0 Å². The number of hydrogen-bond donors (Lipinski definition) is 0. The van der Waals surface area contributed by atoms with E-state index in [4.69, 9.17) is 9.26 Å². The summed E-state index contributed by atoms with van der Waals surface area (Å²) in [5, 5.41) is 4.66.